The molecule has 0 aliphatic heterocycles. The molecule has 0 unspecified atom stereocenters. The quantitative estimate of drug-likeness (QED) is 0.244. The second kappa shape index (κ2) is 12.7. The molecule has 0 aliphatic carbocycles. The predicted octanol–water partition coefficient (Wildman–Crippen LogP) is -1.34. The summed E-state index contributed by atoms with van der Waals surface area (Å²) in [7, 11) is 0. The fourth-order valence-corrected chi connectivity index (χ4v) is 0.699. The van der Waals surface area contributed by atoms with Gasteiger partial charge in [-0.25, -0.2) is 0 Å². The van der Waals surface area contributed by atoms with Crippen molar-refractivity contribution in [3.05, 3.63) is 0 Å². The third kappa shape index (κ3) is 14.2. The molecule has 0 rings (SSSR count). The Bertz CT molecular complexity index is 112. The van der Waals surface area contributed by atoms with Crippen molar-refractivity contribution in [2.45, 2.75) is 19.8 Å². The monoisotopic (exact) mass is 232 g/mol. The van der Waals surface area contributed by atoms with E-state index in [2.05, 4.69) is 31.8 Å². The van der Waals surface area contributed by atoms with Crippen LogP contribution in [0.25, 0.3) is 0 Å². The summed E-state index contributed by atoms with van der Waals surface area (Å²) in [6, 6.07) is 0. The molecule has 0 aromatic rings. The number of unbranched alkanes of at least 4 members (excludes halogenated alkanes) is 1. The largest absolute Gasteiger partial charge is 1.00 e. The minimum absolute atomic E-state index is 0. The van der Waals surface area contributed by atoms with Crippen LogP contribution in [0.2, 0.25) is 0 Å². The standard InChI is InChI=1S/C7H14O2S2.K/c1-2-3-4-8-5-6-9-7(10)11;/h2-6H2,1H3,(H,10,11);/q;+1/p-1. The van der Waals surface area contributed by atoms with Gasteiger partial charge in [0.25, 0.3) is 0 Å². The summed E-state index contributed by atoms with van der Waals surface area (Å²) in [5.41, 5.74) is 0. The average Bonchev–Trinajstić information content (AvgIpc) is 1.96. The minimum atomic E-state index is 0. The normalized spacial score (nSPS) is 8.75. The zero-order chi connectivity index (χ0) is 8.53. The van der Waals surface area contributed by atoms with E-state index in [4.69, 9.17) is 9.47 Å². The molecule has 0 bridgehead atoms. The van der Waals surface area contributed by atoms with Crippen molar-refractivity contribution in [1.29, 1.82) is 0 Å². The molecule has 5 heteroatoms. The second-order valence-electron chi connectivity index (χ2n) is 2.06. The van der Waals surface area contributed by atoms with E-state index in [9.17, 15) is 0 Å². The van der Waals surface area contributed by atoms with Crippen LogP contribution < -0.4 is 51.4 Å². The molecule has 66 valence electrons. The number of hydrogen-bond donors (Lipinski definition) is 0. The first-order chi connectivity index (χ1) is 5.27. The molecule has 0 heterocycles. The van der Waals surface area contributed by atoms with E-state index in [0.717, 1.165) is 19.4 Å². The van der Waals surface area contributed by atoms with Gasteiger partial charge in [-0.3, -0.25) is 0 Å². The van der Waals surface area contributed by atoms with Gasteiger partial charge >= 0.3 is 51.4 Å². The molecule has 12 heavy (non-hydrogen) atoms. The van der Waals surface area contributed by atoms with Crippen molar-refractivity contribution < 1.29 is 60.9 Å². The zero-order valence-electron chi connectivity index (χ0n) is 7.67. The molecule has 2 nitrogen and oxygen atoms in total. The van der Waals surface area contributed by atoms with Gasteiger partial charge in [-0.15, -0.1) is 0 Å². The smallest absolute Gasteiger partial charge is 0.511 e. The van der Waals surface area contributed by atoms with Crippen molar-refractivity contribution in [2.24, 2.45) is 0 Å². The molecule has 0 saturated heterocycles. The topological polar surface area (TPSA) is 18.5 Å². The Hall–Kier alpha value is 1.71. The van der Waals surface area contributed by atoms with Gasteiger partial charge in [0.1, 0.15) is 6.61 Å². The number of rotatable bonds is 6. The Balaban J connectivity index is 0. The molecule has 0 aliphatic rings. The molecule has 0 N–H and O–H groups in total. The van der Waals surface area contributed by atoms with Crippen molar-refractivity contribution in [3.8, 4) is 0 Å². The van der Waals surface area contributed by atoms with Crippen LogP contribution in [0.4, 0.5) is 0 Å². The van der Waals surface area contributed by atoms with Gasteiger partial charge in [0, 0.05) is 11.0 Å². The third-order valence-electron chi connectivity index (χ3n) is 1.09. The fraction of sp³-hybridized carbons (Fsp3) is 0.857. The van der Waals surface area contributed by atoms with Gasteiger partial charge in [-0.1, -0.05) is 13.3 Å². The first kappa shape index (κ1) is 16.1. The van der Waals surface area contributed by atoms with Crippen LogP contribution in [0.15, 0.2) is 0 Å². The summed E-state index contributed by atoms with van der Waals surface area (Å²) in [5.74, 6) is 0. The van der Waals surface area contributed by atoms with Crippen LogP contribution in [-0.4, -0.2) is 24.2 Å². The number of thiocarbonyl (C=S) groups is 1. The van der Waals surface area contributed by atoms with E-state index in [1.807, 2.05) is 0 Å². The fourth-order valence-electron chi connectivity index (χ4n) is 0.532. The van der Waals surface area contributed by atoms with Crippen LogP contribution in [0.3, 0.4) is 0 Å². The SMILES string of the molecule is CCCCOCCOC(=S)[S-].[K+]. The number of hydrogen-bond acceptors (Lipinski definition) is 4. The first-order valence-electron chi connectivity index (χ1n) is 3.69. The first-order valence-corrected chi connectivity index (χ1v) is 4.50. The molecule has 0 aromatic heterocycles. The average molecular weight is 232 g/mol. The van der Waals surface area contributed by atoms with Gasteiger partial charge in [0.15, 0.2) is 0 Å². The molecule has 0 aromatic carbocycles. The van der Waals surface area contributed by atoms with E-state index in [1.54, 1.807) is 0 Å². The van der Waals surface area contributed by atoms with Crippen LogP contribution >= 0.6 is 12.2 Å². The molecule has 0 spiro atoms. The van der Waals surface area contributed by atoms with Crippen LogP contribution in [-0.2, 0) is 22.1 Å². The van der Waals surface area contributed by atoms with Crippen LogP contribution in [0.1, 0.15) is 19.8 Å². The van der Waals surface area contributed by atoms with Crippen LogP contribution in [0, 0.1) is 0 Å². The van der Waals surface area contributed by atoms with Gasteiger partial charge in [-0.2, -0.15) is 0 Å². The maximum atomic E-state index is 5.19. The second-order valence-corrected chi connectivity index (χ2v) is 3.06. The molecule has 0 radical (unpaired) electrons. The Morgan fingerprint density at radius 3 is 2.50 bits per heavy atom. The van der Waals surface area contributed by atoms with Crippen molar-refractivity contribution in [1.82, 2.24) is 0 Å². The molecular formula is C7H13KO2S2. The van der Waals surface area contributed by atoms with Crippen molar-refractivity contribution in [3.63, 3.8) is 0 Å². The van der Waals surface area contributed by atoms with Gasteiger partial charge in [-0.05, 0) is 6.42 Å². The van der Waals surface area contributed by atoms with E-state index < -0.39 is 0 Å². The van der Waals surface area contributed by atoms with E-state index in [-0.39, 0.29) is 55.8 Å². The third-order valence-corrected chi connectivity index (χ3v) is 1.33. The Kier molecular flexibility index (Phi) is 17.1. The van der Waals surface area contributed by atoms with Crippen molar-refractivity contribution in [2.75, 3.05) is 19.8 Å². The Morgan fingerprint density at radius 1 is 1.33 bits per heavy atom. The molecule has 0 saturated carbocycles. The van der Waals surface area contributed by atoms with E-state index in [0.29, 0.717) is 13.2 Å². The maximum absolute atomic E-state index is 5.19. The summed E-state index contributed by atoms with van der Waals surface area (Å²) in [4.78, 5) is 0. The number of ether oxygens (including phenoxy) is 2. The molecular weight excluding hydrogens is 219 g/mol. The van der Waals surface area contributed by atoms with Crippen LogP contribution in [0.5, 0.6) is 0 Å². The summed E-state index contributed by atoms with van der Waals surface area (Å²) >= 11 is 9.07. The summed E-state index contributed by atoms with van der Waals surface area (Å²) in [6.45, 7) is 3.98. The zero-order valence-corrected chi connectivity index (χ0v) is 12.4. The summed E-state index contributed by atoms with van der Waals surface area (Å²) in [6.07, 6.45) is 2.25. The van der Waals surface area contributed by atoms with Crippen molar-refractivity contribution >= 4 is 29.2 Å². The Labute approximate surface area is 128 Å². The summed E-state index contributed by atoms with van der Waals surface area (Å²) < 4.78 is 10.2. The molecule has 0 atom stereocenters. The minimum Gasteiger partial charge on any atom is -0.511 e. The maximum Gasteiger partial charge on any atom is 1.00 e. The van der Waals surface area contributed by atoms with E-state index >= 15 is 0 Å². The van der Waals surface area contributed by atoms with Gasteiger partial charge < -0.3 is 34.3 Å². The van der Waals surface area contributed by atoms with Gasteiger partial charge in [0.2, 0.25) is 0 Å². The van der Waals surface area contributed by atoms with Gasteiger partial charge in [0.05, 0.1) is 6.61 Å². The van der Waals surface area contributed by atoms with E-state index in [1.165, 1.54) is 0 Å². The molecule has 0 amide bonds. The predicted molar refractivity (Wildman–Crippen MR) is 51.6 cm³/mol. The molecule has 0 fully saturated rings. The Morgan fingerprint density at radius 2 is 2.00 bits per heavy atom. The summed E-state index contributed by atoms with van der Waals surface area (Å²) in [5, 5.41) is 0.